The topological polar surface area (TPSA) is 46.5 Å². The second kappa shape index (κ2) is 10.1. The van der Waals surface area contributed by atoms with Crippen molar-refractivity contribution < 1.29 is 14.1 Å². The van der Waals surface area contributed by atoms with E-state index in [0.717, 1.165) is 24.9 Å². The van der Waals surface area contributed by atoms with Gasteiger partial charge in [0.1, 0.15) is 0 Å². The summed E-state index contributed by atoms with van der Waals surface area (Å²) in [6, 6.07) is 0. The Balaban J connectivity index is 3.40. The molecule has 0 spiro atoms. The molecule has 0 bridgehead atoms. The average molecular weight is 234 g/mol. The third kappa shape index (κ3) is 9.91. The van der Waals surface area contributed by atoms with Gasteiger partial charge in [0, 0.05) is 5.25 Å². The molecular weight excluding hydrogens is 212 g/mol. The minimum atomic E-state index is -1.19. The van der Waals surface area contributed by atoms with Crippen LogP contribution >= 0.6 is 12.0 Å². The summed E-state index contributed by atoms with van der Waals surface area (Å²) in [6.45, 7) is 4.26. The van der Waals surface area contributed by atoms with E-state index in [1.807, 2.05) is 0 Å². The zero-order valence-corrected chi connectivity index (χ0v) is 10.5. The van der Waals surface area contributed by atoms with Gasteiger partial charge in [-0.25, -0.2) is 4.79 Å². The van der Waals surface area contributed by atoms with E-state index in [4.69, 9.17) is 5.11 Å². The van der Waals surface area contributed by atoms with Gasteiger partial charge in [0.25, 0.3) is 0 Å². The van der Waals surface area contributed by atoms with Gasteiger partial charge < -0.3 is 9.29 Å². The summed E-state index contributed by atoms with van der Waals surface area (Å²) in [4.78, 5) is 10.2. The maximum Gasteiger partial charge on any atom is 0.518 e. The highest BCUT2D eigenvalue weighted by molar-refractivity contribution is 7.95. The van der Waals surface area contributed by atoms with E-state index in [2.05, 4.69) is 18.0 Å². The summed E-state index contributed by atoms with van der Waals surface area (Å²) in [5.41, 5.74) is 0. The standard InChI is InChI=1S/C11H22O3S/c1-3-5-6-7-8-9-10(4-2)15-14-11(12)13/h10H,3-9H2,1-2H3,(H,12,13). The summed E-state index contributed by atoms with van der Waals surface area (Å²) in [6.07, 6.45) is 7.10. The summed E-state index contributed by atoms with van der Waals surface area (Å²) < 4.78 is 4.51. The molecule has 0 aliphatic rings. The summed E-state index contributed by atoms with van der Waals surface area (Å²) >= 11 is 1.09. The fraction of sp³-hybridized carbons (Fsp3) is 0.909. The first kappa shape index (κ1) is 14.6. The SMILES string of the molecule is CCCCCCCC(CC)SOC(=O)O. The lowest BCUT2D eigenvalue weighted by molar-refractivity contribution is 0.152. The minimum absolute atomic E-state index is 0.322. The lowest BCUT2D eigenvalue weighted by Crippen LogP contribution is -2.04. The van der Waals surface area contributed by atoms with Crippen molar-refractivity contribution in [2.75, 3.05) is 0 Å². The van der Waals surface area contributed by atoms with Crippen LogP contribution in [0.1, 0.15) is 58.8 Å². The largest absolute Gasteiger partial charge is 0.518 e. The molecule has 3 nitrogen and oxygen atoms in total. The van der Waals surface area contributed by atoms with Crippen LogP contribution in [0.3, 0.4) is 0 Å². The van der Waals surface area contributed by atoms with Crippen molar-refractivity contribution >= 4 is 18.2 Å². The van der Waals surface area contributed by atoms with Crippen molar-refractivity contribution in [3.05, 3.63) is 0 Å². The number of rotatable bonds is 9. The van der Waals surface area contributed by atoms with E-state index in [0.29, 0.717) is 5.25 Å². The van der Waals surface area contributed by atoms with E-state index in [-0.39, 0.29) is 0 Å². The van der Waals surface area contributed by atoms with Gasteiger partial charge in [-0.1, -0.05) is 46.0 Å². The first-order valence-corrected chi connectivity index (χ1v) is 6.57. The summed E-state index contributed by atoms with van der Waals surface area (Å²) in [5, 5.41) is 8.68. The van der Waals surface area contributed by atoms with Gasteiger partial charge in [-0.05, 0) is 12.8 Å². The molecule has 0 aliphatic carbocycles. The molecule has 1 atom stereocenters. The van der Waals surface area contributed by atoms with Crippen LogP contribution in [0.4, 0.5) is 4.79 Å². The van der Waals surface area contributed by atoms with Gasteiger partial charge in [-0.3, -0.25) is 0 Å². The average Bonchev–Trinajstić information content (AvgIpc) is 2.22. The van der Waals surface area contributed by atoms with Crippen LogP contribution in [0.2, 0.25) is 0 Å². The number of hydrogen-bond acceptors (Lipinski definition) is 3. The van der Waals surface area contributed by atoms with Crippen molar-refractivity contribution in [1.82, 2.24) is 0 Å². The van der Waals surface area contributed by atoms with Crippen molar-refractivity contribution in [3.63, 3.8) is 0 Å². The van der Waals surface area contributed by atoms with Crippen LogP contribution in [-0.4, -0.2) is 16.5 Å². The Morgan fingerprint density at radius 3 is 2.47 bits per heavy atom. The van der Waals surface area contributed by atoms with E-state index in [1.54, 1.807) is 0 Å². The van der Waals surface area contributed by atoms with E-state index >= 15 is 0 Å². The van der Waals surface area contributed by atoms with Crippen LogP contribution in [0.15, 0.2) is 0 Å². The third-order valence-corrected chi connectivity index (χ3v) is 3.42. The molecule has 15 heavy (non-hydrogen) atoms. The van der Waals surface area contributed by atoms with E-state index < -0.39 is 6.16 Å². The van der Waals surface area contributed by atoms with Crippen LogP contribution < -0.4 is 0 Å². The lowest BCUT2D eigenvalue weighted by atomic mass is 10.1. The molecule has 0 aromatic carbocycles. The van der Waals surface area contributed by atoms with Gasteiger partial charge in [0.2, 0.25) is 0 Å². The number of carboxylic acid groups (broad SMARTS) is 1. The van der Waals surface area contributed by atoms with E-state index in [1.165, 1.54) is 32.1 Å². The first-order chi connectivity index (χ1) is 7.20. The highest BCUT2D eigenvalue weighted by Gasteiger charge is 2.10. The predicted octanol–water partition coefficient (Wildman–Crippen LogP) is 4.47. The Labute approximate surface area is 96.8 Å². The summed E-state index contributed by atoms with van der Waals surface area (Å²) in [5.74, 6) is 0. The highest BCUT2D eigenvalue weighted by atomic mass is 32.2. The Kier molecular flexibility index (Phi) is 9.89. The monoisotopic (exact) mass is 234 g/mol. The number of carbonyl (C=O) groups is 1. The molecule has 0 aromatic heterocycles. The Morgan fingerprint density at radius 2 is 1.93 bits per heavy atom. The predicted molar refractivity (Wildman–Crippen MR) is 64.2 cm³/mol. The van der Waals surface area contributed by atoms with Crippen LogP contribution in [-0.2, 0) is 4.18 Å². The maximum atomic E-state index is 10.2. The second-order valence-corrected chi connectivity index (χ2v) is 4.70. The van der Waals surface area contributed by atoms with Gasteiger partial charge in [0.05, 0.1) is 12.0 Å². The number of hydrogen-bond donors (Lipinski definition) is 1. The molecule has 0 radical (unpaired) electrons. The molecule has 1 unspecified atom stereocenters. The number of unbranched alkanes of at least 4 members (excludes halogenated alkanes) is 4. The molecule has 0 amide bonds. The zero-order chi connectivity index (χ0) is 11.5. The van der Waals surface area contributed by atoms with Gasteiger partial charge in [0.15, 0.2) is 0 Å². The fourth-order valence-electron chi connectivity index (χ4n) is 1.41. The van der Waals surface area contributed by atoms with Gasteiger partial charge in [-0.2, -0.15) is 0 Å². The molecule has 0 aliphatic heterocycles. The van der Waals surface area contributed by atoms with Crippen molar-refractivity contribution in [3.8, 4) is 0 Å². The van der Waals surface area contributed by atoms with Crippen molar-refractivity contribution in [2.24, 2.45) is 0 Å². The first-order valence-electron chi connectivity index (χ1n) is 5.76. The Morgan fingerprint density at radius 1 is 1.27 bits per heavy atom. The third-order valence-electron chi connectivity index (χ3n) is 2.34. The van der Waals surface area contributed by atoms with Crippen molar-refractivity contribution in [1.29, 1.82) is 0 Å². The van der Waals surface area contributed by atoms with Crippen LogP contribution in [0, 0.1) is 0 Å². The van der Waals surface area contributed by atoms with Crippen molar-refractivity contribution in [2.45, 2.75) is 64.0 Å². The van der Waals surface area contributed by atoms with E-state index in [9.17, 15) is 4.79 Å². The normalized spacial score (nSPS) is 12.4. The van der Waals surface area contributed by atoms with Crippen LogP contribution in [0.25, 0.3) is 0 Å². The van der Waals surface area contributed by atoms with Crippen LogP contribution in [0.5, 0.6) is 0 Å². The molecule has 0 heterocycles. The Hall–Kier alpha value is -0.380. The molecule has 1 N–H and O–H groups in total. The lowest BCUT2D eigenvalue weighted by Gasteiger charge is -2.11. The molecule has 0 fully saturated rings. The minimum Gasteiger partial charge on any atom is -0.449 e. The van der Waals surface area contributed by atoms with Gasteiger partial charge in [-0.15, -0.1) is 0 Å². The summed E-state index contributed by atoms with van der Waals surface area (Å²) in [7, 11) is 0. The zero-order valence-electron chi connectivity index (χ0n) is 9.70. The molecule has 90 valence electrons. The molecule has 0 saturated heterocycles. The molecule has 0 rings (SSSR count). The molecular formula is C11H22O3S. The molecule has 0 saturated carbocycles. The molecule has 0 aromatic rings. The second-order valence-electron chi connectivity index (χ2n) is 3.68. The highest BCUT2D eigenvalue weighted by Crippen LogP contribution is 2.22. The Bertz CT molecular complexity index is 162. The smallest absolute Gasteiger partial charge is 0.449 e. The maximum absolute atomic E-state index is 10.2. The fourth-order valence-corrected chi connectivity index (χ4v) is 2.02. The quantitative estimate of drug-likeness (QED) is 0.472. The van der Waals surface area contributed by atoms with Gasteiger partial charge >= 0.3 is 6.16 Å². The molecule has 4 heteroatoms.